The number of aromatic nitrogens is 1. The lowest BCUT2D eigenvalue weighted by Gasteiger charge is -2.08. The quantitative estimate of drug-likeness (QED) is 0.492. The Morgan fingerprint density at radius 1 is 1.46 bits per heavy atom. The van der Waals surface area contributed by atoms with Gasteiger partial charge in [-0.2, -0.15) is 0 Å². The lowest BCUT2D eigenvalue weighted by atomic mass is 10.1. The minimum atomic E-state index is -0.721. The molecular weight excluding hydrogens is 313 g/mol. The van der Waals surface area contributed by atoms with Gasteiger partial charge in [-0.15, -0.1) is 0 Å². The van der Waals surface area contributed by atoms with Gasteiger partial charge in [0.15, 0.2) is 6.29 Å². The number of aromatic amines is 1. The maximum atomic E-state index is 13.3. The van der Waals surface area contributed by atoms with Crippen LogP contribution < -0.4 is 5.32 Å². The number of Topliss-reactive ketones (excluding diaryl/α,β-unsaturated/α-hetero) is 1. The Labute approximate surface area is 139 Å². The number of likely N-dealkylation sites (tertiary alicyclic amines) is 1. The SMILES string of the molecule is CNCC1CCN(C=O)C1.O=CC(=O)c1c[nH]c2cccc(F)c12. The predicted molar refractivity (Wildman–Crippen MR) is 88.3 cm³/mol. The van der Waals surface area contributed by atoms with E-state index >= 15 is 0 Å². The molecule has 0 aliphatic carbocycles. The Morgan fingerprint density at radius 2 is 2.25 bits per heavy atom. The number of amides is 1. The Kier molecular flexibility index (Phi) is 6.20. The second-order valence-corrected chi connectivity index (χ2v) is 5.66. The third-order valence-corrected chi connectivity index (χ3v) is 3.99. The average molecular weight is 333 g/mol. The van der Waals surface area contributed by atoms with Gasteiger partial charge in [-0.1, -0.05) is 6.07 Å². The molecule has 1 atom stereocenters. The molecule has 1 amide bonds. The van der Waals surface area contributed by atoms with Gasteiger partial charge in [-0.05, 0) is 38.1 Å². The number of H-pyrrole nitrogens is 1. The predicted octanol–water partition coefficient (Wildman–Crippen LogP) is 1.37. The van der Waals surface area contributed by atoms with Crippen molar-refractivity contribution in [3.63, 3.8) is 0 Å². The van der Waals surface area contributed by atoms with Gasteiger partial charge in [0, 0.05) is 30.2 Å². The first kappa shape index (κ1) is 17.8. The Morgan fingerprint density at radius 3 is 2.88 bits per heavy atom. The van der Waals surface area contributed by atoms with Crippen LogP contribution in [0.5, 0.6) is 0 Å². The largest absolute Gasteiger partial charge is 0.360 e. The van der Waals surface area contributed by atoms with Crippen LogP contribution in [0.25, 0.3) is 10.9 Å². The molecule has 0 spiro atoms. The second kappa shape index (κ2) is 8.35. The lowest BCUT2D eigenvalue weighted by molar-refractivity contribution is -0.117. The lowest BCUT2D eigenvalue weighted by Crippen LogP contribution is -2.23. The number of benzene rings is 1. The summed E-state index contributed by atoms with van der Waals surface area (Å²) in [5, 5.41) is 3.28. The number of carbonyl (C=O) groups is 3. The number of halogens is 1. The number of hydrogen-bond donors (Lipinski definition) is 2. The van der Waals surface area contributed by atoms with Crippen molar-refractivity contribution in [1.29, 1.82) is 0 Å². The van der Waals surface area contributed by atoms with Crippen molar-refractivity contribution in [3.05, 3.63) is 35.8 Å². The zero-order chi connectivity index (χ0) is 17.5. The summed E-state index contributed by atoms with van der Waals surface area (Å²) in [7, 11) is 1.95. The first-order valence-corrected chi connectivity index (χ1v) is 7.69. The molecule has 1 fully saturated rings. The van der Waals surface area contributed by atoms with Crippen molar-refractivity contribution >= 4 is 29.4 Å². The normalized spacial score (nSPS) is 16.6. The topological polar surface area (TPSA) is 82.3 Å². The highest BCUT2D eigenvalue weighted by molar-refractivity contribution is 6.36. The third-order valence-electron chi connectivity index (χ3n) is 3.99. The molecule has 2 heterocycles. The molecule has 6 nitrogen and oxygen atoms in total. The number of fused-ring (bicyclic) bond motifs is 1. The van der Waals surface area contributed by atoms with Crippen LogP contribution in [-0.4, -0.2) is 55.0 Å². The number of nitrogens with zero attached hydrogens (tertiary/aromatic N) is 1. The average Bonchev–Trinajstić information content (AvgIpc) is 3.22. The van der Waals surface area contributed by atoms with E-state index in [0.717, 1.165) is 32.5 Å². The van der Waals surface area contributed by atoms with Crippen molar-refractivity contribution in [3.8, 4) is 0 Å². The van der Waals surface area contributed by atoms with Crippen molar-refractivity contribution < 1.29 is 18.8 Å². The van der Waals surface area contributed by atoms with Crippen molar-refractivity contribution in [2.75, 3.05) is 26.7 Å². The first-order valence-electron chi connectivity index (χ1n) is 7.69. The zero-order valence-electron chi connectivity index (χ0n) is 13.4. The molecule has 1 aromatic carbocycles. The highest BCUT2D eigenvalue weighted by Gasteiger charge is 2.19. The molecule has 1 aliphatic heterocycles. The second-order valence-electron chi connectivity index (χ2n) is 5.66. The molecule has 0 radical (unpaired) electrons. The molecule has 128 valence electrons. The van der Waals surface area contributed by atoms with E-state index in [1.165, 1.54) is 18.3 Å². The van der Waals surface area contributed by atoms with Crippen molar-refractivity contribution in [2.24, 2.45) is 5.92 Å². The van der Waals surface area contributed by atoms with Gasteiger partial charge in [-0.25, -0.2) is 4.39 Å². The van der Waals surface area contributed by atoms with E-state index in [0.29, 0.717) is 11.4 Å². The highest BCUT2D eigenvalue weighted by atomic mass is 19.1. The number of aldehydes is 1. The van der Waals surface area contributed by atoms with E-state index in [4.69, 9.17) is 0 Å². The van der Waals surface area contributed by atoms with E-state index in [-0.39, 0.29) is 17.2 Å². The summed E-state index contributed by atoms with van der Waals surface area (Å²) in [4.78, 5) is 36.2. The number of rotatable bonds is 5. The summed E-state index contributed by atoms with van der Waals surface area (Å²) in [6, 6.07) is 4.42. The standard InChI is InChI=1S/C10H6FNO2.C7H14N2O/c11-7-2-1-3-8-10(7)6(4-12-8)9(14)5-13;1-8-4-7-2-3-9(5-7)6-10/h1-5,12H;6-8H,2-5H2,1H3. The molecule has 7 heteroatoms. The van der Waals surface area contributed by atoms with E-state index in [1.807, 2.05) is 11.9 Å². The summed E-state index contributed by atoms with van der Waals surface area (Å²) in [5.74, 6) is -0.550. The van der Waals surface area contributed by atoms with Crippen LogP contribution in [-0.2, 0) is 9.59 Å². The van der Waals surface area contributed by atoms with E-state index in [2.05, 4.69) is 10.3 Å². The number of hydrogen-bond acceptors (Lipinski definition) is 4. The highest BCUT2D eigenvalue weighted by Crippen LogP contribution is 2.21. The van der Waals surface area contributed by atoms with Crippen LogP contribution in [0.3, 0.4) is 0 Å². The molecule has 24 heavy (non-hydrogen) atoms. The smallest absolute Gasteiger partial charge is 0.227 e. The number of ketones is 1. The fraction of sp³-hybridized carbons (Fsp3) is 0.353. The van der Waals surface area contributed by atoms with Crippen LogP contribution in [0.2, 0.25) is 0 Å². The molecule has 3 rings (SSSR count). The van der Waals surface area contributed by atoms with Gasteiger partial charge in [0.1, 0.15) is 5.82 Å². The van der Waals surface area contributed by atoms with Gasteiger partial charge in [-0.3, -0.25) is 14.4 Å². The Bertz CT molecular complexity index is 729. The molecule has 0 bridgehead atoms. The van der Waals surface area contributed by atoms with Gasteiger partial charge in [0.25, 0.3) is 0 Å². The van der Waals surface area contributed by atoms with E-state index < -0.39 is 11.6 Å². The Balaban J connectivity index is 0.000000185. The molecule has 1 aliphatic rings. The fourth-order valence-corrected chi connectivity index (χ4v) is 2.81. The van der Waals surface area contributed by atoms with Gasteiger partial charge in [0.2, 0.25) is 12.2 Å². The van der Waals surface area contributed by atoms with Crippen LogP contribution in [0.4, 0.5) is 4.39 Å². The van der Waals surface area contributed by atoms with Gasteiger partial charge >= 0.3 is 0 Å². The first-order chi connectivity index (χ1) is 11.6. The van der Waals surface area contributed by atoms with Gasteiger partial charge < -0.3 is 15.2 Å². The number of nitrogens with one attached hydrogen (secondary N) is 2. The molecule has 1 aromatic heterocycles. The van der Waals surface area contributed by atoms with Gasteiger partial charge in [0.05, 0.1) is 5.56 Å². The molecule has 2 aromatic rings. The van der Waals surface area contributed by atoms with Crippen LogP contribution in [0.1, 0.15) is 16.8 Å². The molecule has 0 saturated carbocycles. The summed E-state index contributed by atoms with van der Waals surface area (Å²) < 4.78 is 13.3. The third kappa shape index (κ3) is 4.05. The zero-order valence-corrected chi connectivity index (χ0v) is 13.4. The van der Waals surface area contributed by atoms with Crippen LogP contribution in [0.15, 0.2) is 24.4 Å². The van der Waals surface area contributed by atoms with E-state index in [9.17, 15) is 18.8 Å². The van der Waals surface area contributed by atoms with Crippen LogP contribution >= 0.6 is 0 Å². The summed E-state index contributed by atoms with van der Waals surface area (Å²) in [5.41, 5.74) is 0.586. The molecule has 1 unspecified atom stereocenters. The minimum absolute atomic E-state index is 0.0769. The Hall–Kier alpha value is -2.54. The fourth-order valence-electron chi connectivity index (χ4n) is 2.81. The monoisotopic (exact) mass is 333 g/mol. The summed E-state index contributed by atoms with van der Waals surface area (Å²) in [6.45, 7) is 2.91. The minimum Gasteiger partial charge on any atom is -0.360 e. The maximum absolute atomic E-state index is 13.3. The van der Waals surface area contributed by atoms with E-state index in [1.54, 1.807) is 6.07 Å². The maximum Gasteiger partial charge on any atom is 0.227 e. The molecular formula is C17H20FN3O3. The van der Waals surface area contributed by atoms with Crippen molar-refractivity contribution in [1.82, 2.24) is 15.2 Å². The number of carbonyl (C=O) groups excluding carboxylic acids is 3. The summed E-state index contributed by atoms with van der Waals surface area (Å²) in [6.07, 6.45) is 3.61. The van der Waals surface area contributed by atoms with Crippen LogP contribution in [0, 0.1) is 11.7 Å². The molecule has 1 saturated heterocycles. The summed E-state index contributed by atoms with van der Waals surface area (Å²) >= 11 is 0. The molecule has 2 N–H and O–H groups in total. The van der Waals surface area contributed by atoms with Crippen molar-refractivity contribution in [2.45, 2.75) is 6.42 Å².